The van der Waals surface area contributed by atoms with E-state index in [4.69, 9.17) is 5.26 Å². The highest BCUT2D eigenvalue weighted by Crippen LogP contribution is 2.12. The van der Waals surface area contributed by atoms with Crippen molar-refractivity contribution in [2.24, 2.45) is 0 Å². The fraction of sp³-hybridized carbons (Fsp3) is 0.348. The monoisotopic (exact) mass is 405 g/mol. The van der Waals surface area contributed by atoms with Gasteiger partial charge in [0, 0.05) is 50.5 Å². The summed E-state index contributed by atoms with van der Waals surface area (Å²) in [6, 6.07) is 16.8. The average molecular weight is 406 g/mol. The van der Waals surface area contributed by atoms with Gasteiger partial charge < -0.3 is 10.6 Å². The molecule has 1 saturated heterocycles. The van der Waals surface area contributed by atoms with Crippen molar-refractivity contribution in [2.45, 2.75) is 13.5 Å². The number of carbonyl (C=O) groups is 2. The first kappa shape index (κ1) is 21.5. The Morgan fingerprint density at radius 1 is 1.03 bits per heavy atom. The van der Waals surface area contributed by atoms with Gasteiger partial charge in [-0.05, 0) is 42.8 Å². The van der Waals surface area contributed by atoms with Crippen molar-refractivity contribution in [2.75, 3.05) is 44.6 Å². The van der Waals surface area contributed by atoms with Crippen molar-refractivity contribution < 1.29 is 9.59 Å². The van der Waals surface area contributed by atoms with E-state index in [0.717, 1.165) is 32.7 Å². The summed E-state index contributed by atoms with van der Waals surface area (Å²) in [5.74, 6) is -0.226. The molecule has 1 heterocycles. The van der Waals surface area contributed by atoms with Gasteiger partial charge in [-0.15, -0.1) is 0 Å². The van der Waals surface area contributed by atoms with Crippen LogP contribution in [0.3, 0.4) is 0 Å². The number of anilines is 1. The molecular weight excluding hydrogens is 378 g/mol. The molecule has 7 nitrogen and oxygen atoms in total. The van der Waals surface area contributed by atoms with Gasteiger partial charge in [0.2, 0.25) is 5.91 Å². The van der Waals surface area contributed by atoms with Crippen molar-refractivity contribution in [1.82, 2.24) is 15.1 Å². The third-order valence-corrected chi connectivity index (χ3v) is 5.07. The van der Waals surface area contributed by atoms with Gasteiger partial charge in [-0.1, -0.05) is 18.2 Å². The van der Waals surface area contributed by atoms with Crippen LogP contribution in [-0.4, -0.2) is 60.9 Å². The maximum Gasteiger partial charge on any atom is 0.251 e. The van der Waals surface area contributed by atoms with Crippen molar-refractivity contribution in [3.05, 3.63) is 65.2 Å². The largest absolute Gasteiger partial charge is 0.352 e. The molecule has 1 aliphatic heterocycles. The van der Waals surface area contributed by atoms with E-state index in [9.17, 15) is 9.59 Å². The Morgan fingerprint density at radius 2 is 1.73 bits per heavy atom. The molecule has 0 aromatic heterocycles. The maximum absolute atomic E-state index is 12.4. The van der Waals surface area contributed by atoms with Gasteiger partial charge in [0.25, 0.3) is 5.91 Å². The number of hydrogen-bond acceptors (Lipinski definition) is 5. The average Bonchev–Trinajstić information content (AvgIpc) is 2.76. The van der Waals surface area contributed by atoms with Crippen LogP contribution >= 0.6 is 0 Å². The van der Waals surface area contributed by atoms with Crippen LogP contribution in [0, 0.1) is 11.3 Å². The van der Waals surface area contributed by atoms with Gasteiger partial charge in [-0.25, -0.2) is 0 Å². The Morgan fingerprint density at radius 3 is 2.40 bits per heavy atom. The van der Waals surface area contributed by atoms with Crippen LogP contribution in [0.5, 0.6) is 0 Å². The molecule has 1 fully saturated rings. The van der Waals surface area contributed by atoms with E-state index in [1.54, 1.807) is 24.3 Å². The molecule has 2 aromatic rings. The summed E-state index contributed by atoms with van der Waals surface area (Å²) in [5.41, 5.74) is 3.02. The van der Waals surface area contributed by atoms with Crippen LogP contribution in [0.4, 0.5) is 5.69 Å². The number of nitrogens with one attached hydrogen (secondary N) is 2. The smallest absolute Gasteiger partial charge is 0.251 e. The second-order valence-electron chi connectivity index (χ2n) is 7.35. The summed E-state index contributed by atoms with van der Waals surface area (Å²) in [5, 5.41) is 14.5. The number of amides is 2. The predicted molar refractivity (Wildman–Crippen MR) is 116 cm³/mol. The van der Waals surface area contributed by atoms with Crippen LogP contribution in [0.15, 0.2) is 48.5 Å². The van der Waals surface area contributed by atoms with Crippen LogP contribution in [0.25, 0.3) is 0 Å². The van der Waals surface area contributed by atoms with Crippen LogP contribution in [0.1, 0.15) is 28.4 Å². The second-order valence-corrected chi connectivity index (χ2v) is 7.35. The fourth-order valence-electron chi connectivity index (χ4n) is 3.45. The molecule has 0 unspecified atom stereocenters. The Balaban J connectivity index is 1.44. The molecule has 0 aliphatic carbocycles. The van der Waals surface area contributed by atoms with Gasteiger partial charge in [-0.3, -0.25) is 19.4 Å². The first-order valence-electron chi connectivity index (χ1n) is 10.2. The molecule has 0 spiro atoms. The van der Waals surface area contributed by atoms with Gasteiger partial charge in [0.15, 0.2) is 0 Å². The minimum atomic E-state index is -0.146. The fourth-order valence-corrected chi connectivity index (χ4v) is 3.45. The predicted octanol–water partition coefficient (Wildman–Crippen LogP) is 2.06. The molecule has 156 valence electrons. The first-order valence-corrected chi connectivity index (χ1v) is 10.2. The van der Waals surface area contributed by atoms with Crippen LogP contribution in [0.2, 0.25) is 0 Å². The minimum absolute atomic E-state index is 0.0800. The minimum Gasteiger partial charge on any atom is -0.352 e. The molecule has 3 rings (SSSR count). The molecule has 2 amide bonds. The van der Waals surface area contributed by atoms with Gasteiger partial charge >= 0.3 is 0 Å². The van der Waals surface area contributed by atoms with Crippen LogP contribution in [-0.2, 0) is 11.3 Å². The zero-order chi connectivity index (χ0) is 21.3. The van der Waals surface area contributed by atoms with E-state index in [2.05, 4.69) is 26.5 Å². The molecule has 0 bridgehead atoms. The zero-order valence-electron chi connectivity index (χ0n) is 17.2. The standard InChI is InChI=1S/C23H27N5O2/c1-2-25-23(30)20-4-3-5-21(14-20)26-22(29)17-28-12-10-27(11-13-28)16-19-8-6-18(15-24)7-9-19/h3-9,14H,2,10-13,16-17H2,1H3,(H,25,30)(H,26,29). The number of nitrogens with zero attached hydrogens (tertiary/aromatic N) is 3. The number of benzene rings is 2. The van der Waals surface area contributed by atoms with Gasteiger partial charge in [-0.2, -0.15) is 5.26 Å². The Hall–Kier alpha value is -3.21. The lowest BCUT2D eigenvalue weighted by Crippen LogP contribution is -2.48. The zero-order valence-corrected chi connectivity index (χ0v) is 17.2. The summed E-state index contributed by atoms with van der Waals surface area (Å²) < 4.78 is 0. The van der Waals surface area contributed by atoms with Crippen molar-refractivity contribution in [1.29, 1.82) is 5.26 Å². The third-order valence-electron chi connectivity index (χ3n) is 5.07. The van der Waals surface area contributed by atoms with Gasteiger partial charge in [0.1, 0.15) is 0 Å². The lowest BCUT2D eigenvalue weighted by atomic mass is 10.1. The van der Waals surface area contributed by atoms with Gasteiger partial charge in [0.05, 0.1) is 18.2 Å². The molecule has 30 heavy (non-hydrogen) atoms. The van der Waals surface area contributed by atoms with Crippen LogP contribution < -0.4 is 10.6 Å². The number of hydrogen-bond donors (Lipinski definition) is 2. The number of rotatable bonds is 7. The summed E-state index contributed by atoms with van der Waals surface area (Å²) in [4.78, 5) is 28.9. The lowest BCUT2D eigenvalue weighted by molar-refractivity contribution is -0.117. The first-order chi connectivity index (χ1) is 14.6. The highest BCUT2D eigenvalue weighted by Gasteiger charge is 2.19. The quantitative estimate of drug-likeness (QED) is 0.736. The highest BCUT2D eigenvalue weighted by atomic mass is 16.2. The number of carbonyl (C=O) groups excluding carboxylic acids is 2. The normalized spacial score (nSPS) is 14.7. The van der Waals surface area contributed by atoms with Crippen molar-refractivity contribution in [3.63, 3.8) is 0 Å². The Labute approximate surface area is 177 Å². The van der Waals surface area contributed by atoms with Crippen molar-refractivity contribution >= 4 is 17.5 Å². The topological polar surface area (TPSA) is 88.5 Å². The van der Waals surface area contributed by atoms with Crippen molar-refractivity contribution in [3.8, 4) is 6.07 Å². The molecule has 2 N–H and O–H groups in total. The summed E-state index contributed by atoms with van der Waals surface area (Å²) in [6.07, 6.45) is 0. The SMILES string of the molecule is CCNC(=O)c1cccc(NC(=O)CN2CCN(Cc3ccc(C#N)cc3)CC2)c1. The molecule has 0 saturated carbocycles. The summed E-state index contributed by atoms with van der Waals surface area (Å²) in [6.45, 7) is 7.03. The lowest BCUT2D eigenvalue weighted by Gasteiger charge is -2.34. The van der Waals surface area contributed by atoms with E-state index < -0.39 is 0 Å². The summed E-state index contributed by atoms with van der Waals surface area (Å²) in [7, 11) is 0. The van der Waals surface area contributed by atoms with E-state index in [1.807, 2.05) is 31.2 Å². The van der Waals surface area contributed by atoms with E-state index in [-0.39, 0.29) is 11.8 Å². The molecule has 7 heteroatoms. The van der Waals surface area contributed by atoms with E-state index in [0.29, 0.717) is 29.9 Å². The molecule has 1 aliphatic rings. The van der Waals surface area contributed by atoms with E-state index in [1.165, 1.54) is 5.56 Å². The maximum atomic E-state index is 12.4. The molecule has 2 aromatic carbocycles. The third kappa shape index (κ3) is 6.14. The Kier molecular flexibility index (Phi) is 7.55. The highest BCUT2D eigenvalue weighted by molar-refractivity contribution is 5.97. The second kappa shape index (κ2) is 10.5. The molecule has 0 radical (unpaired) electrons. The summed E-state index contributed by atoms with van der Waals surface area (Å²) >= 11 is 0. The molecular formula is C23H27N5O2. The number of piperazine rings is 1. The number of nitriles is 1. The van der Waals surface area contributed by atoms with E-state index >= 15 is 0 Å². The Bertz CT molecular complexity index is 912. The molecule has 0 atom stereocenters.